The lowest BCUT2D eigenvalue weighted by Crippen LogP contribution is -2.48. The van der Waals surface area contributed by atoms with Crippen molar-refractivity contribution in [2.24, 2.45) is 0 Å². The molecule has 2 fully saturated rings. The number of rotatable bonds is 3. The highest BCUT2D eigenvalue weighted by molar-refractivity contribution is 5.88. The van der Waals surface area contributed by atoms with Crippen LogP contribution in [0.2, 0.25) is 0 Å². The first-order valence-electron chi connectivity index (χ1n) is 8.67. The minimum Gasteiger partial charge on any atom is -0.478 e. The number of carbonyl (C=O) groups excluding carboxylic acids is 1. The number of benzene rings is 1. The third-order valence-corrected chi connectivity index (χ3v) is 4.92. The maximum atomic E-state index is 12.3. The molecule has 0 bridgehead atoms. The average molecular weight is 332 g/mol. The molecule has 6 nitrogen and oxygen atoms in total. The van der Waals surface area contributed by atoms with Crippen LogP contribution >= 0.6 is 0 Å². The third kappa shape index (κ3) is 4.06. The lowest BCUT2D eigenvalue weighted by molar-refractivity contribution is 0.0695. The molecule has 2 aliphatic heterocycles. The smallest absolute Gasteiger partial charge is 0.415 e. The van der Waals surface area contributed by atoms with E-state index in [0.29, 0.717) is 19.1 Å². The number of hydrogen-bond acceptors (Lipinski definition) is 4. The van der Waals surface area contributed by atoms with Gasteiger partial charge in [0.05, 0.1) is 5.56 Å². The molecule has 1 amide bonds. The molecular formula is C18H24N2O4. The minimum absolute atomic E-state index is 0.115. The number of ether oxygens (including phenoxy) is 1. The van der Waals surface area contributed by atoms with E-state index in [9.17, 15) is 9.59 Å². The van der Waals surface area contributed by atoms with Crippen LogP contribution in [-0.4, -0.2) is 59.2 Å². The molecule has 0 radical (unpaired) electrons. The van der Waals surface area contributed by atoms with Crippen LogP contribution in [0.4, 0.5) is 4.79 Å². The molecule has 130 valence electrons. The van der Waals surface area contributed by atoms with Crippen LogP contribution in [-0.2, 0) is 0 Å². The summed E-state index contributed by atoms with van der Waals surface area (Å²) in [6.07, 6.45) is 5.45. The van der Waals surface area contributed by atoms with E-state index in [4.69, 9.17) is 9.84 Å². The average Bonchev–Trinajstić information content (AvgIpc) is 2.63. The van der Waals surface area contributed by atoms with Gasteiger partial charge in [-0.2, -0.15) is 0 Å². The number of likely N-dealkylation sites (tertiary alicyclic amines) is 2. The van der Waals surface area contributed by atoms with Crippen LogP contribution in [0, 0.1) is 0 Å². The quantitative estimate of drug-likeness (QED) is 0.922. The van der Waals surface area contributed by atoms with Gasteiger partial charge in [0.1, 0.15) is 5.75 Å². The van der Waals surface area contributed by atoms with Crippen LogP contribution in [0.1, 0.15) is 42.5 Å². The van der Waals surface area contributed by atoms with Gasteiger partial charge in [-0.15, -0.1) is 0 Å². The van der Waals surface area contributed by atoms with Crippen LogP contribution in [0.15, 0.2) is 24.3 Å². The summed E-state index contributed by atoms with van der Waals surface area (Å²) in [7, 11) is 0. The first kappa shape index (κ1) is 16.8. The Kier molecular flexibility index (Phi) is 5.35. The van der Waals surface area contributed by atoms with Gasteiger partial charge in [-0.3, -0.25) is 0 Å². The maximum Gasteiger partial charge on any atom is 0.415 e. The summed E-state index contributed by atoms with van der Waals surface area (Å²) in [6, 6.07) is 6.61. The second-order valence-electron chi connectivity index (χ2n) is 6.52. The van der Waals surface area contributed by atoms with Gasteiger partial charge in [-0.1, -0.05) is 12.5 Å². The Morgan fingerprint density at radius 3 is 2.42 bits per heavy atom. The first-order chi connectivity index (χ1) is 11.6. The number of carboxylic acid groups (broad SMARTS) is 1. The minimum atomic E-state index is -1.03. The highest BCUT2D eigenvalue weighted by atomic mass is 16.6. The van der Waals surface area contributed by atoms with Gasteiger partial charge in [-0.05, 0) is 57.0 Å². The number of aromatic carboxylic acids is 1. The topological polar surface area (TPSA) is 70.1 Å². The Hall–Kier alpha value is -2.08. The van der Waals surface area contributed by atoms with Crippen molar-refractivity contribution in [1.82, 2.24) is 9.80 Å². The van der Waals surface area contributed by atoms with Gasteiger partial charge in [0, 0.05) is 19.1 Å². The van der Waals surface area contributed by atoms with E-state index in [1.54, 1.807) is 17.0 Å². The standard InChI is InChI=1S/C18H24N2O4/c21-17(22)14-5-4-6-16(13-14)24-18(23)20-11-7-15(8-12-20)19-9-2-1-3-10-19/h4-6,13,15H,1-3,7-12H2,(H,21,22). The normalized spacial score (nSPS) is 19.9. The molecule has 24 heavy (non-hydrogen) atoms. The lowest BCUT2D eigenvalue weighted by Gasteiger charge is -2.39. The van der Waals surface area contributed by atoms with E-state index in [2.05, 4.69) is 4.90 Å². The molecule has 0 aliphatic carbocycles. The van der Waals surface area contributed by atoms with Crippen molar-refractivity contribution in [2.45, 2.75) is 38.1 Å². The van der Waals surface area contributed by atoms with Gasteiger partial charge in [0.15, 0.2) is 0 Å². The first-order valence-corrected chi connectivity index (χ1v) is 8.67. The summed E-state index contributed by atoms with van der Waals surface area (Å²) in [5, 5.41) is 8.99. The number of carboxylic acids is 1. The monoisotopic (exact) mass is 332 g/mol. The van der Waals surface area contributed by atoms with Crippen molar-refractivity contribution in [3.05, 3.63) is 29.8 Å². The maximum absolute atomic E-state index is 12.3. The molecule has 1 N–H and O–H groups in total. The van der Waals surface area contributed by atoms with E-state index in [1.165, 1.54) is 44.5 Å². The van der Waals surface area contributed by atoms with Crippen molar-refractivity contribution in [3.63, 3.8) is 0 Å². The van der Waals surface area contributed by atoms with E-state index in [-0.39, 0.29) is 11.3 Å². The Balaban J connectivity index is 1.51. The fourth-order valence-electron chi connectivity index (χ4n) is 3.56. The summed E-state index contributed by atoms with van der Waals surface area (Å²) in [6.45, 7) is 3.74. The number of hydrogen-bond donors (Lipinski definition) is 1. The van der Waals surface area contributed by atoms with Gasteiger partial charge >= 0.3 is 12.1 Å². The molecule has 0 atom stereocenters. The zero-order valence-electron chi connectivity index (χ0n) is 13.8. The molecule has 2 aliphatic rings. The largest absolute Gasteiger partial charge is 0.478 e. The Morgan fingerprint density at radius 2 is 1.75 bits per heavy atom. The Labute approximate surface area is 142 Å². The predicted octanol–water partition coefficient (Wildman–Crippen LogP) is 2.83. The van der Waals surface area contributed by atoms with Crippen LogP contribution in [0.5, 0.6) is 5.75 Å². The van der Waals surface area contributed by atoms with E-state index >= 15 is 0 Å². The summed E-state index contributed by atoms with van der Waals surface area (Å²) >= 11 is 0. The highest BCUT2D eigenvalue weighted by Gasteiger charge is 2.28. The molecule has 2 heterocycles. The van der Waals surface area contributed by atoms with Crippen molar-refractivity contribution in [1.29, 1.82) is 0 Å². The van der Waals surface area contributed by atoms with Crippen molar-refractivity contribution < 1.29 is 19.4 Å². The van der Waals surface area contributed by atoms with Gasteiger partial charge in [0.25, 0.3) is 0 Å². The second kappa shape index (κ2) is 7.66. The fourth-order valence-corrected chi connectivity index (χ4v) is 3.56. The summed E-state index contributed by atoms with van der Waals surface area (Å²) in [5.41, 5.74) is 0.115. The molecule has 2 saturated heterocycles. The molecule has 0 saturated carbocycles. The number of nitrogens with zero attached hydrogens (tertiary/aromatic N) is 2. The molecule has 0 aromatic heterocycles. The second-order valence-corrected chi connectivity index (χ2v) is 6.52. The van der Waals surface area contributed by atoms with E-state index in [0.717, 1.165) is 12.8 Å². The van der Waals surface area contributed by atoms with Crippen molar-refractivity contribution in [3.8, 4) is 5.75 Å². The number of piperidine rings is 2. The van der Waals surface area contributed by atoms with Crippen LogP contribution in [0.25, 0.3) is 0 Å². The molecule has 1 aromatic carbocycles. The third-order valence-electron chi connectivity index (χ3n) is 4.92. The molecule has 0 spiro atoms. The van der Waals surface area contributed by atoms with Crippen LogP contribution in [0.3, 0.4) is 0 Å². The molecule has 3 rings (SSSR count). The zero-order chi connectivity index (χ0) is 16.9. The van der Waals surface area contributed by atoms with Crippen molar-refractivity contribution >= 4 is 12.1 Å². The Morgan fingerprint density at radius 1 is 1.04 bits per heavy atom. The van der Waals surface area contributed by atoms with Gasteiger partial charge < -0.3 is 19.6 Å². The zero-order valence-corrected chi connectivity index (χ0v) is 13.8. The summed E-state index contributed by atoms with van der Waals surface area (Å²) in [4.78, 5) is 27.5. The summed E-state index contributed by atoms with van der Waals surface area (Å²) < 4.78 is 5.34. The SMILES string of the molecule is O=C(O)c1cccc(OC(=O)N2CCC(N3CCCCC3)CC2)c1. The fraction of sp³-hybridized carbons (Fsp3) is 0.556. The lowest BCUT2D eigenvalue weighted by atomic mass is 10.0. The van der Waals surface area contributed by atoms with Gasteiger partial charge in [0.2, 0.25) is 0 Å². The van der Waals surface area contributed by atoms with Gasteiger partial charge in [-0.25, -0.2) is 9.59 Å². The van der Waals surface area contributed by atoms with E-state index in [1.807, 2.05) is 0 Å². The molecule has 1 aromatic rings. The number of carbonyl (C=O) groups is 2. The predicted molar refractivity (Wildman–Crippen MR) is 89.4 cm³/mol. The Bertz CT molecular complexity index is 590. The summed E-state index contributed by atoms with van der Waals surface area (Å²) in [5.74, 6) is -0.756. The molecule has 6 heteroatoms. The van der Waals surface area contributed by atoms with Crippen LogP contribution < -0.4 is 4.74 Å². The number of amides is 1. The molecule has 0 unspecified atom stereocenters. The van der Waals surface area contributed by atoms with E-state index < -0.39 is 12.1 Å². The molecular weight excluding hydrogens is 308 g/mol. The highest BCUT2D eigenvalue weighted by Crippen LogP contribution is 2.22. The van der Waals surface area contributed by atoms with Crippen molar-refractivity contribution in [2.75, 3.05) is 26.2 Å².